The maximum Gasteiger partial charge on any atom is 0.0525 e. The van der Waals surface area contributed by atoms with Crippen LogP contribution in [0, 0.1) is 0 Å². The van der Waals surface area contributed by atoms with Gasteiger partial charge in [-0.3, -0.25) is 4.68 Å². The predicted octanol–water partition coefficient (Wildman–Crippen LogP) is 2.32. The molecule has 3 nitrogen and oxygen atoms in total. The van der Waals surface area contributed by atoms with Crippen molar-refractivity contribution in [2.75, 3.05) is 7.05 Å². The molecule has 2 rings (SSSR count). The van der Waals surface area contributed by atoms with E-state index in [2.05, 4.69) is 35.1 Å². The van der Waals surface area contributed by atoms with Gasteiger partial charge in [0.05, 0.1) is 6.20 Å². The van der Waals surface area contributed by atoms with Crippen LogP contribution >= 0.6 is 0 Å². The first-order valence-electron chi connectivity index (χ1n) is 6.48. The Hall–Kier alpha value is -0.830. The van der Waals surface area contributed by atoms with Crippen molar-refractivity contribution in [3.8, 4) is 0 Å². The van der Waals surface area contributed by atoms with Crippen molar-refractivity contribution in [2.45, 2.75) is 58.0 Å². The third kappa shape index (κ3) is 2.14. The fraction of sp³-hybridized carbons (Fsp3) is 0.769. The molecule has 16 heavy (non-hydrogen) atoms. The van der Waals surface area contributed by atoms with Crippen molar-refractivity contribution >= 4 is 0 Å². The molecule has 3 heteroatoms. The van der Waals surface area contributed by atoms with E-state index in [0.717, 1.165) is 18.9 Å². The van der Waals surface area contributed by atoms with E-state index in [1.54, 1.807) is 0 Å². The van der Waals surface area contributed by atoms with E-state index in [1.807, 2.05) is 7.05 Å². The lowest BCUT2D eigenvalue weighted by Crippen LogP contribution is -2.25. The summed E-state index contributed by atoms with van der Waals surface area (Å²) in [6, 6.07) is 0.535. The van der Waals surface area contributed by atoms with Gasteiger partial charge in [-0.2, -0.15) is 5.10 Å². The van der Waals surface area contributed by atoms with Gasteiger partial charge in [0.25, 0.3) is 0 Å². The van der Waals surface area contributed by atoms with Gasteiger partial charge >= 0.3 is 0 Å². The Morgan fingerprint density at radius 2 is 2.31 bits per heavy atom. The number of aromatic nitrogens is 2. The number of aryl methyl sites for hydroxylation is 1. The first-order valence-corrected chi connectivity index (χ1v) is 6.48. The zero-order chi connectivity index (χ0) is 11.5. The minimum atomic E-state index is 0.535. The third-order valence-corrected chi connectivity index (χ3v) is 3.77. The Balaban J connectivity index is 2.19. The highest BCUT2D eigenvalue weighted by atomic mass is 15.3. The maximum absolute atomic E-state index is 4.51. The summed E-state index contributed by atoms with van der Waals surface area (Å²) in [6.07, 6.45) is 7.27. The molecule has 1 aromatic rings. The minimum absolute atomic E-state index is 0.535. The van der Waals surface area contributed by atoms with Crippen LogP contribution in [0.5, 0.6) is 0 Å². The molecule has 1 saturated carbocycles. The van der Waals surface area contributed by atoms with Crippen LogP contribution in [0.1, 0.15) is 50.3 Å². The molecule has 90 valence electrons. The summed E-state index contributed by atoms with van der Waals surface area (Å²) in [7, 11) is 2.03. The molecule has 1 atom stereocenters. The largest absolute Gasteiger partial charge is 0.317 e. The third-order valence-electron chi connectivity index (χ3n) is 3.77. The summed E-state index contributed by atoms with van der Waals surface area (Å²) >= 11 is 0. The Morgan fingerprint density at radius 1 is 1.56 bits per heavy atom. The lowest BCUT2D eigenvalue weighted by atomic mass is 9.81. The van der Waals surface area contributed by atoms with E-state index in [-0.39, 0.29) is 0 Å². The molecule has 0 bridgehead atoms. The highest BCUT2D eigenvalue weighted by Gasteiger charge is 2.26. The fourth-order valence-electron chi connectivity index (χ4n) is 2.43. The number of likely N-dealkylation sites (N-methyl/N-ethyl adjacent to an activating group) is 1. The monoisotopic (exact) mass is 221 g/mol. The quantitative estimate of drug-likeness (QED) is 0.827. The van der Waals surface area contributed by atoms with E-state index < -0.39 is 0 Å². The molecule has 1 aliphatic carbocycles. The maximum atomic E-state index is 4.51. The molecule has 0 amide bonds. The first-order chi connectivity index (χ1) is 7.76. The fourth-order valence-corrected chi connectivity index (χ4v) is 2.43. The molecular weight excluding hydrogens is 198 g/mol. The van der Waals surface area contributed by atoms with E-state index in [9.17, 15) is 0 Å². The van der Waals surface area contributed by atoms with Gasteiger partial charge in [0.15, 0.2) is 0 Å². The Kier molecular flexibility index (Phi) is 3.64. The summed E-state index contributed by atoms with van der Waals surface area (Å²) in [4.78, 5) is 0. The molecule has 1 aromatic heterocycles. The summed E-state index contributed by atoms with van der Waals surface area (Å²) < 4.78 is 2.20. The van der Waals surface area contributed by atoms with Crippen molar-refractivity contribution in [1.82, 2.24) is 15.1 Å². The van der Waals surface area contributed by atoms with E-state index in [4.69, 9.17) is 0 Å². The van der Waals surface area contributed by atoms with Gasteiger partial charge in [-0.15, -0.1) is 0 Å². The second-order valence-electron chi connectivity index (χ2n) is 4.89. The van der Waals surface area contributed by atoms with Gasteiger partial charge in [0, 0.05) is 24.2 Å². The molecule has 0 spiro atoms. The highest BCUT2D eigenvalue weighted by molar-refractivity contribution is 5.24. The minimum Gasteiger partial charge on any atom is -0.317 e. The van der Waals surface area contributed by atoms with Crippen molar-refractivity contribution in [2.24, 2.45) is 0 Å². The zero-order valence-corrected chi connectivity index (χ0v) is 10.7. The van der Waals surface area contributed by atoms with Gasteiger partial charge in [-0.1, -0.05) is 6.42 Å². The normalized spacial score (nSPS) is 18.4. The smallest absolute Gasteiger partial charge is 0.0525 e. The summed E-state index contributed by atoms with van der Waals surface area (Å²) in [6.45, 7) is 5.41. The van der Waals surface area contributed by atoms with Crippen molar-refractivity contribution in [1.29, 1.82) is 0 Å². The first kappa shape index (κ1) is 11.6. The van der Waals surface area contributed by atoms with Crippen LogP contribution in [0.4, 0.5) is 0 Å². The van der Waals surface area contributed by atoms with E-state index >= 15 is 0 Å². The second kappa shape index (κ2) is 5.00. The number of hydrogen-bond donors (Lipinski definition) is 1. The topological polar surface area (TPSA) is 29.9 Å². The van der Waals surface area contributed by atoms with Gasteiger partial charge < -0.3 is 5.32 Å². The van der Waals surface area contributed by atoms with Crippen LogP contribution in [0.3, 0.4) is 0 Å². The molecule has 0 aliphatic heterocycles. The standard InChI is InChI=1S/C13H23N3/c1-4-16-13(11-6-5-7-11)12(9-15-16)8-10(2)14-3/h9-11,14H,4-8H2,1-3H3. The van der Waals surface area contributed by atoms with Crippen LogP contribution in [0.25, 0.3) is 0 Å². The molecule has 0 saturated heterocycles. The predicted molar refractivity (Wildman–Crippen MR) is 66.7 cm³/mol. The van der Waals surface area contributed by atoms with Crippen molar-refractivity contribution < 1.29 is 0 Å². The average Bonchev–Trinajstić information content (AvgIpc) is 2.59. The number of nitrogens with one attached hydrogen (secondary N) is 1. The second-order valence-corrected chi connectivity index (χ2v) is 4.89. The summed E-state index contributed by atoms with van der Waals surface area (Å²) in [5, 5.41) is 7.82. The lowest BCUT2D eigenvalue weighted by molar-refractivity contribution is 0.387. The van der Waals surface area contributed by atoms with Gasteiger partial charge in [0.1, 0.15) is 0 Å². The summed E-state index contributed by atoms with van der Waals surface area (Å²) in [5.41, 5.74) is 2.96. The highest BCUT2D eigenvalue weighted by Crippen LogP contribution is 2.38. The van der Waals surface area contributed by atoms with Crippen LogP contribution < -0.4 is 5.32 Å². The lowest BCUT2D eigenvalue weighted by Gasteiger charge is -2.27. The summed E-state index contributed by atoms with van der Waals surface area (Å²) in [5.74, 6) is 0.779. The van der Waals surface area contributed by atoms with Crippen LogP contribution in [0.15, 0.2) is 6.20 Å². The molecule has 1 unspecified atom stereocenters. The van der Waals surface area contributed by atoms with Gasteiger partial charge in [0.2, 0.25) is 0 Å². The number of hydrogen-bond acceptors (Lipinski definition) is 2. The molecular formula is C13H23N3. The van der Waals surface area contributed by atoms with Gasteiger partial charge in [-0.05, 0) is 45.7 Å². The molecule has 1 N–H and O–H groups in total. The number of rotatable bonds is 5. The number of nitrogens with zero attached hydrogens (tertiary/aromatic N) is 2. The SMILES string of the molecule is CCn1ncc(CC(C)NC)c1C1CCC1. The molecule has 0 radical (unpaired) electrons. The van der Waals surface area contributed by atoms with E-state index in [0.29, 0.717) is 6.04 Å². The molecule has 1 heterocycles. The van der Waals surface area contributed by atoms with Crippen LogP contribution in [0.2, 0.25) is 0 Å². The van der Waals surface area contributed by atoms with E-state index in [1.165, 1.54) is 30.5 Å². The van der Waals surface area contributed by atoms with Crippen molar-refractivity contribution in [3.63, 3.8) is 0 Å². The Morgan fingerprint density at radius 3 is 2.81 bits per heavy atom. The molecule has 1 aliphatic rings. The van der Waals surface area contributed by atoms with Gasteiger partial charge in [-0.25, -0.2) is 0 Å². The van der Waals surface area contributed by atoms with Crippen LogP contribution in [-0.4, -0.2) is 22.9 Å². The molecule has 0 aromatic carbocycles. The molecule has 1 fully saturated rings. The zero-order valence-electron chi connectivity index (χ0n) is 10.7. The Labute approximate surface area is 98.2 Å². The van der Waals surface area contributed by atoms with Crippen LogP contribution in [-0.2, 0) is 13.0 Å². The van der Waals surface area contributed by atoms with Crippen molar-refractivity contribution in [3.05, 3.63) is 17.5 Å². The average molecular weight is 221 g/mol. The Bertz CT molecular complexity index is 339.